The number of nitrogens with zero attached hydrogens (tertiary/aromatic N) is 1. The third kappa shape index (κ3) is 4.89. The Labute approximate surface area is 202 Å². The van der Waals surface area contributed by atoms with Crippen LogP contribution in [-0.4, -0.2) is 20.5 Å². The first-order valence-electron chi connectivity index (χ1n) is 10.9. The number of hydrogen-bond donors (Lipinski definition) is 0. The van der Waals surface area contributed by atoms with Crippen LogP contribution in [0.3, 0.4) is 0 Å². The molecule has 182 valence electrons. The van der Waals surface area contributed by atoms with E-state index < -0.39 is 21.9 Å². The first-order valence-corrected chi connectivity index (χ1v) is 12.5. The molecule has 0 saturated carbocycles. The first kappa shape index (κ1) is 24.7. The van der Waals surface area contributed by atoms with Crippen LogP contribution in [0.4, 0.5) is 18.9 Å². The average molecular weight is 500 g/mol. The lowest BCUT2D eigenvalue weighted by atomic mass is 9.83. The van der Waals surface area contributed by atoms with Gasteiger partial charge in [-0.1, -0.05) is 75.4 Å². The molecule has 8 heteroatoms. The van der Waals surface area contributed by atoms with Crippen molar-refractivity contribution in [2.75, 3.05) is 4.90 Å². The zero-order valence-corrected chi connectivity index (χ0v) is 20.2. The van der Waals surface area contributed by atoms with Gasteiger partial charge in [-0.05, 0) is 40.3 Å². The van der Waals surface area contributed by atoms with Gasteiger partial charge in [0.05, 0.1) is 17.1 Å². The number of benzene rings is 3. The number of halogens is 3. The van der Waals surface area contributed by atoms with Gasteiger partial charge in [0.1, 0.15) is 0 Å². The van der Waals surface area contributed by atoms with Crippen molar-refractivity contribution in [1.82, 2.24) is 0 Å². The summed E-state index contributed by atoms with van der Waals surface area (Å²) in [6, 6.07) is 19.2. The van der Waals surface area contributed by atoms with Crippen LogP contribution in [0.5, 0.6) is 0 Å². The molecular weight excluding hydrogens is 475 g/mol. The Bertz CT molecular complexity index is 1420. The van der Waals surface area contributed by atoms with Gasteiger partial charge in [0.25, 0.3) is 0 Å². The fraction of sp³-hybridized carbons (Fsp3) is 0.222. The third-order valence-corrected chi connectivity index (χ3v) is 7.39. The van der Waals surface area contributed by atoms with Gasteiger partial charge in [-0.3, -0.25) is 9.69 Å². The Morgan fingerprint density at radius 2 is 1.51 bits per heavy atom. The van der Waals surface area contributed by atoms with Crippen LogP contribution in [0.2, 0.25) is 0 Å². The summed E-state index contributed by atoms with van der Waals surface area (Å²) in [6.07, 6.45) is -5.09. The highest BCUT2D eigenvalue weighted by Crippen LogP contribution is 2.41. The second-order valence-electron chi connectivity index (χ2n) is 9.42. The zero-order valence-electron chi connectivity index (χ0n) is 19.4. The molecule has 0 bridgehead atoms. The van der Waals surface area contributed by atoms with Crippen LogP contribution in [-0.2, 0) is 26.6 Å². The number of alkyl halides is 3. The minimum Gasteiger partial charge on any atom is -0.300 e. The Morgan fingerprint density at radius 1 is 0.886 bits per heavy atom. The molecule has 0 aromatic heterocycles. The van der Waals surface area contributed by atoms with E-state index >= 15 is 0 Å². The molecule has 1 heterocycles. The fourth-order valence-electron chi connectivity index (χ4n) is 4.06. The summed E-state index contributed by atoms with van der Waals surface area (Å²) in [6.45, 7) is 5.62. The normalized spacial score (nSPS) is 15.4. The van der Waals surface area contributed by atoms with E-state index in [2.05, 4.69) is 0 Å². The second kappa shape index (κ2) is 8.68. The average Bonchev–Trinajstić information content (AvgIpc) is 2.92. The van der Waals surface area contributed by atoms with Crippen LogP contribution < -0.4 is 4.90 Å². The molecule has 4 rings (SSSR count). The van der Waals surface area contributed by atoms with E-state index in [1.165, 1.54) is 30.3 Å². The summed E-state index contributed by atoms with van der Waals surface area (Å²) in [4.78, 5) is 13.2. The molecular formula is C27H24F3NO3S. The van der Waals surface area contributed by atoms with Crippen LogP contribution in [0.1, 0.15) is 43.0 Å². The molecule has 3 aromatic carbocycles. The number of sulfone groups is 1. The summed E-state index contributed by atoms with van der Waals surface area (Å²) >= 11 is 0. The summed E-state index contributed by atoms with van der Waals surface area (Å²) in [5, 5.41) is 1.09. The molecule has 0 N–H and O–H groups in total. The number of hydrogen-bond acceptors (Lipinski definition) is 3. The molecule has 3 aromatic rings. The van der Waals surface area contributed by atoms with Gasteiger partial charge in [0.2, 0.25) is 0 Å². The predicted octanol–water partition coefficient (Wildman–Crippen LogP) is 6.26. The SMILES string of the molecule is CC(C)(C)c1ccc2c(c1)/C(=C/S(=O)(=O)c1ccccc1)c1ccccc1N(C(=O)C(F)(F)F)C2. The molecule has 0 fully saturated rings. The van der Waals surface area contributed by atoms with E-state index in [1.807, 2.05) is 20.8 Å². The highest BCUT2D eigenvalue weighted by molar-refractivity contribution is 7.94. The van der Waals surface area contributed by atoms with E-state index in [4.69, 9.17) is 0 Å². The molecule has 1 aliphatic heterocycles. The summed E-state index contributed by atoms with van der Waals surface area (Å²) in [7, 11) is -3.96. The highest BCUT2D eigenvalue weighted by Gasteiger charge is 2.44. The van der Waals surface area contributed by atoms with E-state index in [0.29, 0.717) is 16.0 Å². The standard InChI is InChI=1S/C27H24F3NO3S/c1-26(2,3)19-14-13-18-16-31(25(32)27(28,29)30)24-12-8-7-11-21(24)23(22(18)15-19)17-35(33,34)20-9-5-4-6-10-20/h4-15,17H,16H2,1-3H3/b23-17+. The van der Waals surface area contributed by atoms with Crippen LogP contribution >= 0.6 is 0 Å². The minimum absolute atomic E-state index is 0.00200. The van der Waals surface area contributed by atoms with Gasteiger partial charge >= 0.3 is 12.1 Å². The predicted molar refractivity (Wildman–Crippen MR) is 130 cm³/mol. The number of para-hydroxylation sites is 1. The highest BCUT2D eigenvalue weighted by atomic mass is 32.2. The van der Waals surface area contributed by atoms with E-state index in [-0.39, 0.29) is 33.7 Å². The smallest absolute Gasteiger partial charge is 0.300 e. The molecule has 1 aliphatic rings. The van der Waals surface area contributed by atoms with Crippen LogP contribution in [0.15, 0.2) is 83.1 Å². The maximum Gasteiger partial charge on any atom is 0.471 e. The van der Waals surface area contributed by atoms with Crippen molar-refractivity contribution in [2.45, 2.75) is 43.8 Å². The van der Waals surface area contributed by atoms with Crippen molar-refractivity contribution in [3.8, 4) is 0 Å². The fourth-order valence-corrected chi connectivity index (χ4v) is 5.30. The topological polar surface area (TPSA) is 54.5 Å². The van der Waals surface area contributed by atoms with Crippen LogP contribution in [0, 0.1) is 0 Å². The molecule has 35 heavy (non-hydrogen) atoms. The zero-order chi connectivity index (χ0) is 25.6. The van der Waals surface area contributed by atoms with Gasteiger partial charge in [0.15, 0.2) is 9.84 Å². The molecule has 0 saturated heterocycles. The van der Waals surface area contributed by atoms with Crippen molar-refractivity contribution < 1.29 is 26.4 Å². The molecule has 0 unspecified atom stereocenters. The number of amides is 1. The van der Waals surface area contributed by atoms with E-state index in [0.717, 1.165) is 11.0 Å². The number of anilines is 1. The summed E-state index contributed by atoms with van der Waals surface area (Å²) < 4.78 is 67.3. The molecule has 0 spiro atoms. The maximum atomic E-state index is 13.5. The lowest BCUT2D eigenvalue weighted by Gasteiger charge is -2.24. The Morgan fingerprint density at radius 3 is 2.14 bits per heavy atom. The Kier molecular flexibility index (Phi) is 6.13. The van der Waals surface area contributed by atoms with Crippen LogP contribution in [0.25, 0.3) is 5.57 Å². The maximum absolute atomic E-state index is 13.5. The van der Waals surface area contributed by atoms with Crippen molar-refractivity contribution in [3.05, 3.63) is 100 Å². The van der Waals surface area contributed by atoms with Crippen molar-refractivity contribution >= 4 is 27.0 Å². The first-order chi connectivity index (χ1) is 16.3. The quantitative estimate of drug-likeness (QED) is 0.419. The molecule has 0 atom stereocenters. The van der Waals surface area contributed by atoms with Gasteiger partial charge in [-0.2, -0.15) is 13.2 Å². The number of carbonyl (C=O) groups is 1. The molecule has 0 radical (unpaired) electrons. The van der Waals surface area contributed by atoms with Crippen molar-refractivity contribution in [1.29, 1.82) is 0 Å². The third-order valence-electron chi connectivity index (χ3n) is 5.91. The summed E-state index contributed by atoms with van der Waals surface area (Å²) in [5.41, 5.74) is 1.94. The Balaban J connectivity index is 2.06. The number of carbonyl (C=O) groups excluding carboxylic acids is 1. The van der Waals surface area contributed by atoms with Gasteiger partial charge in [-0.25, -0.2) is 8.42 Å². The van der Waals surface area contributed by atoms with Crippen molar-refractivity contribution in [2.24, 2.45) is 0 Å². The van der Waals surface area contributed by atoms with E-state index in [9.17, 15) is 26.4 Å². The molecule has 1 amide bonds. The minimum atomic E-state index is -5.09. The Hall–Kier alpha value is -3.39. The van der Waals surface area contributed by atoms with Gasteiger partial charge in [-0.15, -0.1) is 0 Å². The lowest BCUT2D eigenvalue weighted by molar-refractivity contribution is -0.170. The van der Waals surface area contributed by atoms with Gasteiger partial charge in [0, 0.05) is 16.5 Å². The van der Waals surface area contributed by atoms with Crippen molar-refractivity contribution in [3.63, 3.8) is 0 Å². The second-order valence-corrected chi connectivity index (χ2v) is 11.2. The van der Waals surface area contributed by atoms with Gasteiger partial charge < -0.3 is 0 Å². The number of rotatable bonds is 2. The number of fused-ring (bicyclic) bond motifs is 2. The van der Waals surface area contributed by atoms with E-state index in [1.54, 1.807) is 42.5 Å². The monoisotopic (exact) mass is 499 g/mol. The lowest BCUT2D eigenvalue weighted by Crippen LogP contribution is -2.40. The molecule has 0 aliphatic carbocycles. The molecule has 4 nitrogen and oxygen atoms in total. The summed E-state index contributed by atoms with van der Waals surface area (Å²) in [5.74, 6) is -2.01. The largest absolute Gasteiger partial charge is 0.471 e.